The van der Waals surface area contributed by atoms with Crippen LogP contribution in [0.1, 0.15) is 43.6 Å². The van der Waals surface area contributed by atoms with Crippen molar-refractivity contribution in [3.8, 4) is 0 Å². The van der Waals surface area contributed by atoms with Crippen LogP contribution in [0.15, 0.2) is 22.7 Å². The zero-order valence-corrected chi connectivity index (χ0v) is 11.6. The topological polar surface area (TPSA) is 37.3 Å². The van der Waals surface area contributed by atoms with Crippen LogP contribution in [0.3, 0.4) is 0 Å². The molecule has 1 saturated carbocycles. The normalized spacial score (nSPS) is 24.6. The van der Waals surface area contributed by atoms with E-state index in [1.807, 2.05) is 0 Å². The molecular formula is C14H16BrFO2. The molecule has 0 bridgehead atoms. The molecule has 0 aromatic heterocycles. The number of aliphatic carboxylic acids is 1. The molecule has 0 saturated heterocycles. The number of hydrogen-bond donors (Lipinski definition) is 1. The third-order valence-electron chi connectivity index (χ3n) is 3.69. The van der Waals surface area contributed by atoms with Gasteiger partial charge in [-0.25, -0.2) is 4.39 Å². The van der Waals surface area contributed by atoms with Crippen LogP contribution in [0.4, 0.5) is 4.39 Å². The Bertz CT molecular complexity index is 447. The molecule has 1 fully saturated rings. The van der Waals surface area contributed by atoms with Crippen molar-refractivity contribution >= 4 is 21.9 Å². The maximum Gasteiger partial charge on any atom is 0.307 e. The summed E-state index contributed by atoms with van der Waals surface area (Å²) in [4.78, 5) is 11.4. The lowest BCUT2D eigenvalue weighted by Gasteiger charge is -2.22. The van der Waals surface area contributed by atoms with E-state index in [1.165, 1.54) is 6.07 Å². The minimum atomic E-state index is -0.804. The molecule has 1 aromatic carbocycles. The van der Waals surface area contributed by atoms with E-state index in [0.29, 0.717) is 12.0 Å². The molecule has 0 heterocycles. The Hall–Kier alpha value is -0.900. The highest BCUT2D eigenvalue weighted by atomic mass is 79.9. The van der Waals surface area contributed by atoms with Gasteiger partial charge in [0.25, 0.3) is 0 Å². The molecule has 1 aromatic rings. The van der Waals surface area contributed by atoms with Crippen LogP contribution in [0, 0.1) is 11.7 Å². The highest BCUT2D eigenvalue weighted by Crippen LogP contribution is 2.38. The number of carbonyl (C=O) groups is 1. The van der Waals surface area contributed by atoms with Crippen molar-refractivity contribution in [1.29, 1.82) is 0 Å². The maximum atomic E-state index is 13.9. The standard InChI is InChI=1S/C14H16BrFO2/c15-9-6-7-13(16)12(8-9)10-4-2-1-3-5-11(10)14(17)18/h6-8,10-11H,1-5H2,(H,17,18). The number of halogens is 2. The Morgan fingerprint density at radius 3 is 2.72 bits per heavy atom. The van der Waals surface area contributed by atoms with Crippen molar-refractivity contribution in [2.75, 3.05) is 0 Å². The molecule has 1 aliphatic carbocycles. The molecule has 98 valence electrons. The molecule has 18 heavy (non-hydrogen) atoms. The van der Waals surface area contributed by atoms with E-state index < -0.39 is 11.9 Å². The van der Waals surface area contributed by atoms with E-state index in [4.69, 9.17) is 0 Å². The highest BCUT2D eigenvalue weighted by molar-refractivity contribution is 9.10. The first-order chi connectivity index (χ1) is 8.59. The Morgan fingerprint density at radius 2 is 2.00 bits per heavy atom. The first-order valence-corrected chi connectivity index (χ1v) is 7.06. The largest absolute Gasteiger partial charge is 0.481 e. The molecule has 0 amide bonds. The first kappa shape index (κ1) is 13.5. The fraction of sp³-hybridized carbons (Fsp3) is 0.500. The summed E-state index contributed by atoms with van der Waals surface area (Å²) >= 11 is 3.33. The Balaban J connectivity index is 2.37. The van der Waals surface area contributed by atoms with Gasteiger partial charge in [0.1, 0.15) is 5.82 Å². The number of carboxylic acid groups (broad SMARTS) is 1. The number of hydrogen-bond acceptors (Lipinski definition) is 1. The number of carboxylic acids is 1. The molecule has 2 unspecified atom stereocenters. The third-order valence-corrected chi connectivity index (χ3v) is 4.18. The lowest BCUT2D eigenvalue weighted by atomic mass is 9.82. The van der Waals surface area contributed by atoms with Gasteiger partial charge in [-0.15, -0.1) is 0 Å². The van der Waals surface area contributed by atoms with Gasteiger partial charge in [-0.2, -0.15) is 0 Å². The van der Waals surface area contributed by atoms with Crippen molar-refractivity contribution < 1.29 is 14.3 Å². The van der Waals surface area contributed by atoms with Gasteiger partial charge >= 0.3 is 5.97 Å². The summed E-state index contributed by atoms with van der Waals surface area (Å²) in [5.41, 5.74) is 0.540. The van der Waals surface area contributed by atoms with Gasteiger partial charge in [-0.1, -0.05) is 35.2 Å². The monoisotopic (exact) mass is 314 g/mol. The average Bonchev–Trinajstić information content (AvgIpc) is 2.57. The van der Waals surface area contributed by atoms with Crippen molar-refractivity contribution in [2.24, 2.45) is 5.92 Å². The summed E-state index contributed by atoms with van der Waals surface area (Å²) < 4.78 is 14.7. The Morgan fingerprint density at radius 1 is 1.28 bits per heavy atom. The minimum Gasteiger partial charge on any atom is -0.481 e. The molecule has 1 N–H and O–H groups in total. The summed E-state index contributed by atoms with van der Waals surface area (Å²) in [5.74, 6) is -1.77. The molecule has 1 aliphatic rings. The van der Waals surface area contributed by atoms with Crippen molar-refractivity contribution in [2.45, 2.75) is 38.0 Å². The van der Waals surface area contributed by atoms with Gasteiger partial charge in [0.05, 0.1) is 5.92 Å². The molecule has 2 rings (SSSR count). The van der Waals surface area contributed by atoms with Gasteiger partial charge in [-0.05, 0) is 36.6 Å². The van der Waals surface area contributed by atoms with Gasteiger partial charge in [0, 0.05) is 10.4 Å². The number of rotatable bonds is 2. The van der Waals surface area contributed by atoms with Crippen LogP contribution in [0.25, 0.3) is 0 Å². The van der Waals surface area contributed by atoms with E-state index in [9.17, 15) is 14.3 Å². The third kappa shape index (κ3) is 2.91. The Kier molecular flexibility index (Phi) is 4.38. The predicted molar refractivity (Wildman–Crippen MR) is 71.1 cm³/mol. The second kappa shape index (κ2) is 5.83. The summed E-state index contributed by atoms with van der Waals surface area (Å²) in [7, 11) is 0. The highest BCUT2D eigenvalue weighted by Gasteiger charge is 2.32. The Labute approximate surface area is 114 Å². The lowest BCUT2D eigenvalue weighted by Crippen LogP contribution is -2.22. The van der Waals surface area contributed by atoms with Gasteiger partial charge < -0.3 is 5.11 Å². The summed E-state index contributed by atoms with van der Waals surface area (Å²) in [6.45, 7) is 0. The number of benzene rings is 1. The van der Waals surface area contributed by atoms with E-state index in [0.717, 1.165) is 30.2 Å². The first-order valence-electron chi connectivity index (χ1n) is 6.27. The predicted octanol–water partition coefficient (Wildman–Crippen LogP) is 4.34. The van der Waals surface area contributed by atoms with Crippen LogP contribution in [0.2, 0.25) is 0 Å². The van der Waals surface area contributed by atoms with Crippen LogP contribution in [0.5, 0.6) is 0 Å². The van der Waals surface area contributed by atoms with E-state index in [-0.39, 0.29) is 11.7 Å². The van der Waals surface area contributed by atoms with Crippen LogP contribution < -0.4 is 0 Å². The lowest BCUT2D eigenvalue weighted by molar-refractivity contribution is -0.142. The quantitative estimate of drug-likeness (QED) is 0.825. The molecule has 0 aliphatic heterocycles. The fourth-order valence-corrected chi connectivity index (χ4v) is 3.15. The summed E-state index contributed by atoms with van der Waals surface area (Å²) in [6, 6.07) is 4.77. The minimum absolute atomic E-state index is 0.206. The second-order valence-electron chi connectivity index (χ2n) is 4.86. The van der Waals surface area contributed by atoms with E-state index in [1.54, 1.807) is 12.1 Å². The zero-order chi connectivity index (χ0) is 13.1. The molecular weight excluding hydrogens is 299 g/mol. The molecule has 0 radical (unpaired) electrons. The van der Waals surface area contributed by atoms with E-state index in [2.05, 4.69) is 15.9 Å². The van der Waals surface area contributed by atoms with Crippen LogP contribution in [-0.2, 0) is 4.79 Å². The van der Waals surface area contributed by atoms with Gasteiger partial charge in [0.2, 0.25) is 0 Å². The smallest absolute Gasteiger partial charge is 0.307 e. The molecule has 2 atom stereocenters. The van der Waals surface area contributed by atoms with Gasteiger partial charge in [0.15, 0.2) is 0 Å². The van der Waals surface area contributed by atoms with Crippen molar-refractivity contribution in [3.63, 3.8) is 0 Å². The summed E-state index contributed by atoms with van der Waals surface area (Å²) in [6.07, 6.45) is 4.33. The average molecular weight is 315 g/mol. The summed E-state index contributed by atoms with van der Waals surface area (Å²) in [5, 5.41) is 9.32. The zero-order valence-electron chi connectivity index (χ0n) is 10.0. The van der Waals surface area contributed by atoms with Crippen LogP contribution >= 0.6 is 15.9 Å². The van der Waals surface area contributed by atoms with Gasteiger partial charge in [-0.3, -0.25) is 4.79 Å². The van der Waals surface area contributed by atoms with E-state index >= 15 is 0 Å². The second-order valence-corrected chi connectivity index (χ2v) is 5.77. The molecule has 4 heteroatoms. The van der Waals surface area contributed by atoms with Crippen molar-refractivity contribution in [1.82, 2.24) is 0 Å². The van der Waals surface area contributed by atoms with Crippen molar-refractivity contribution in [3.05, 3.63) is 34.1 Å². The molecule has 0 spiro atoms. The maximum absolute atomic E-state index is 13.9. The molecule has 2 nitrogen and oxygen atoms in total. The van der Waals surface area contributed by atoms with Crippen LogP contribution in [-0.4, -0.2) is 11.1 Å². The fourth-order valence-electron chi connectivity index (χ4n) is 2.77. The SMILES string of the molecule is O=C(O)C1CCCCCC1c1cc(Br)ccc1F.